The molecule has 2 aromatic heterocycles. The molecule has 9 heteroatoms. The Hall–Kier alpha value is -3.82. The van der Waals surface area contributed by atoms with Crippen molar-refractivity contribution < 1.29 is 24.6 Å². The van der Waals surface area contributed by atoms with E-state index in [2.05, 4.69) is 4.98 Å². The van der Waals surface area contributed by atoms with Crippen molar-refractivity contribution in [3.63, 3.8) is 0 Å². The SMILES string of the molecule is Cc1c(CC(=O)N(CC2CC2)c2nccs2)c2cc(CO)ccc2n1C(=O)c1cccc(C(=O)O)c1. The Morgan fingerprint density at radius 1 is 1.14 bits per heavy atom. The summed E-state index contributed by atoms with van der Waals surface area (Å²) in [6.07, 6.45) is 3.94. The minimum Gasteiger partial charge on any atom is -0.478 e. The highest BCUT2D eigenvalue weighted by Crippen LogP contribution is 2.34. The Bertz CT molecular complexity index is 1470. The van der Waals surface area contributed by atoms with Gasteiger partial charge in [0.05, 0.1) is 24.1 Å². The van der Waals surface area contributed by atoms with Crippen molar-refractivity contribution in [1.29, 1.82) is 0 Å². The summed E-state index contributed by atoms with van der Waals surface area (Å²) in [4.78, 5) is 44.7. The van der Waals surface area contributed by atoms with Gasteiger partial charge in [0.25, 0.3) is 5.91 Å². The monoisotopic (exact) mass is 503 g/mol. The average Bonchev–Trinajstić information content (AvgIpc) is 3.47. The summed E-state index contributed by atoms with van der Waals surface area (Å²) >= 11 is 1.42. The predicted octanol–water partition coefficient (Wildman–Crippen LogP) is 4.27. The Morgan fingerprint density at radius 2 is 1.92 bits per heavy atom. The number of anilines is 1. The Morgan fingerprint density at radius 3 is 2.58 bits per heavy atom. The number of carboxylic acid groups (broad SMARTS) is 1. The Kier molecular flexibility index (Phi) is 6.42. The molecule has 0 aliphatic heterocycles. The van der Waals surface area contributed by atoms with Crippen LogP contribution in [0.1, 0.15) is 50.4 Å². The number of rotatable bonds is 8. The molecule has 1 amide bonds. The number of amides is 1. The molecule has 8 nitrogen and oxygen atoms in total. The van der Waals surface area contributed by atoms with E-state index in [0.29, 0.717) is 45.3 Å². The van der Waals surface area contributed by atoms with Crippen LogP contribution in [0.4, 0.5) is 5.13 Å². The van der Waals surface area contributed by atoms with Gasteiger partial charge in [0.15, 0.2) is 5.13 Å². The summed E-state index contributed by atoms with van der Waals surface area (Å²) in [5.41, 5.74) is 2.82. The van der Waals surface area contributed by atoms with Crippen molar-refractivity contribution in [3.05, 3.63) is 82.0 Å². The minimum absolute atomic E-state index is 0.0205. The van der Waals surface area contributed by atoms with Crippen molar-refractivity contribution in [3.8, 4) is 0 Å². The van der Waals surface area contributed by atoms with Gasteiger partial charge in [-0.05, 0) is 67.1 Å². The summed E-state index contributed by atoms with van der Waals surface area (Å²) in [6, 6.07) is 11.2. The largest absolute Gasteiger partial charge is 0.478 e. The number of carbonyl (C=O) groups excluding carboxylic acids is 2. The number of aromatic carboxylic acids is 1. The highest BCUT2D eigenvalue weighted by molar-refractivity contribution is 7.13. The molecule has 36 heavy (non-hydrogen) atoms. The molecule has 0 atom stereocenters. The van der Waals surface area contributed by atoms with E-state index < -0.39 is 5.97 Å². The maximum absolute atomic E-state index is 13.6. The van der Waals surface area contributed by atoms with Gasteiger partial charge in [-0.15, -0.1) is 11.3 Å². The Balaban J connectivity index is 1.58. The molecule has 2 N–H and O–H groups in total. The van der Waals surface area contributed by atoms with Crippen LogP contribution in [-0.4, -0.2) is 44.1 Å². The summed E-state index contributed by atoms with van der Waals surface area (Å²) in [6.45, 7) is 2.23. The van der Waals surface area contributed by atoms with E-state index in [-0.39, 0.29) is 36.0 Å². The van der Waals surface area contributed by atoms with Gasteiger partial charge >= 0.3 is 5.97 Å². The number of thiazole rings is 1. The van der Waals surface area contributed by atoms with Crippen molar-refractivity contribution in [1.82, 2.24) is 9.55 Å². The van der Waals surface area contributed by atoms with Gasteiger partial charge in [0, 0.05) is 34.8 Å². The third kappa shape index (κ3) is 4.55. The topological polar surface area (TPSA) is 113 Å². The molecule has 184 valence electrons. The molecule has 2 heterocycles. The number of aliphatic hydroxyl groups is 1. The number of hydrogen-bond donors (Lipinski definition) is 2. The number of nitrogens with zero attached hydrogens (tertiary/aromatic N) is 3. The first-order valence-electron chi connectivity index (χ1n) is 11.7. The van der Waals surface area contributed by atoms with Gasteiger partial charge in [0.2, 0.25) is 5.91 Å². The Labute approximate surface area is 211 Å². The molecular weight excluding hydrogens is 478 g/mol. The van der Waals surface area contributed by atoms with Crippen LogP contribution >= 0.6 is 11.3 Å². The van der Waals surface area contributed by atoms with Gasteiger partial charge in [0.1, 0.15) is 0 Å². The first-order chi connectivity index (χ1) is 17.4. The lowest BCUT2D eigenvalue weighted by molar-refractivity contribution is -0.118. The van der Waals surface area contributed by atoms with E-state index in [1.807, 2.05) is 5.38 Å². The number of fused-ring (bicyclic) bond motifs is 1. The van der Waals surface area contributed by atoms with Gasteiger partial charge in [-0.2, -0.15) is 0 Å². The first-order valence-corrected chi connectivity index (χ1v) is 12.6. The lowest BCUT2D eigenvalue weighted by atomic mass is 10.0. The first kappa shape index (κ1) is 23.9. The summed E-state index contributed by atoms with van der Waals surface area (Å²) < 4.78 is 1.52. The fraction of sp³-hybridized carbons (Fsp3) is 0.259. The van der Waals surface area contributed by atoms with Crippen molar-refractivity contribution in [2.24, 2.45) is 5.92 Å². The maximum Gasteiger partial charge on any atom is 0.335 e. The molecule has 2 aromatic carbocycles. The zero-order valence-corrected chi connectivity index (χ0v) is 20.5. The lowest BCUT2D eigenvalue weighted by Crippen LogP contribution is -2.34. The van der Waals surface area contributed by atoms with Crippen LogP contribution in [0.5, 0.6) is 0 Å². The van der Waals surface area contributed by atoms with E-state index in [1.165, 1.54) is 34.1 Å². The van der Waals surface area contributed by atoms with Crippen molar-refractivity contribution in [2.45, 2.75) is 32.8 Å². The number of benzene rings is 2. The van der Waals surface area contributed by atoms with Crippen LogP contribution in [0, 0.1) is 12.8 Å². The third-order valence-electron chi connectivity index (χ3n) is 6.56. The van der Waals surface area contributed by atoms with E-state index in [1.54, 1.807) is 42.3 Å². The standard InChI is InChI=1S/C27H25N3O5S/c1-16-21(13-24(32)29(14-17-5-6-17)27-28-9-10-36-27)22-11-18(15-31)7-8-23(22)30(16)25(33)19-3-2-4-20(12-19)26(34)35/h2-4,7-12,17,31H,5-6,13-15H2,1H3,(H,34,35). The normalized spacial score (nSPS) is 13.2. The summed E-state index contributed by atoms with van der Waals surface area (Å²) in [5, 5.41) is 22.3. The predicted molar refractivity (Wildman–Crippen MR) is 137 cm³/mol. The van der Waals surface area contributed by atoms with Crippen LogP contribution in [0.25, 0.3) is 10.9 Å². The second-order valence-electron chi connectivity index (χ2n) is 9.04. The van der Waals surface area contributed by atoms with Crippen LogP contribution in [0.15, 0.2) is 54.0 Å². The molecule has 0 unspecified atom stereocenters. The second kappa shape index (κ2) is 9.67. The molecular formula is C27H25N3O5S. The average molecular weight is 504 g/mol. The summed E-state index contributed by atoms with van der Waals surface area (Å²) in [5.74, 6) is -1.13. The molecule has 0 bridgehead atoms. The van der Waals surface area contributed by atoms with Crippen molar-refractivity contribution >= 4 is 45.2 Å². The van der Waals surface area contributed by atoms with Crippen LogP contribution in [0.2, 0.25) is 0 Å². The molecule has 0 radical (unpaired) electrons. The molecule has 1 saturated carbocycles. The maximum atomic E-state index is 13.6. The number of carbonyl (C=O) groups is 3. The number of aliphatic hydroxyl groups excluding tert-OH is 1. The molecule has 4 aromatic rings. The van der Waals surface area contributed by atoms with Gasteiger partial charge in [-0.25, -0.2) is 9.78 Å². The fourth-order valence-corrected chi connectivity index (χ4v) is 5.14. The van der Waals surface area contributed by atoms with Gasteiger partial charge in [-0.1, -0.05) is 12.1 Å². The number of carboxylic acids is 1. The van der Waals surface area contributed by atoms with Gasteiger partial charge < -0.3 is 10.2 Å². The second-order valence-corrected chi connectivity index (χ2v) is 9.91. The van der Waals surface area contributed by atoms with Crippen LogP contribution in [0.3, 0.4) is 0 Å². The smallest absolute Gasteiger partial charge is 0.335 e. The quantitative estimate of drug-likeness (QED) is 0.371. The molecule has 0 spiro atoms. The van der Waals surface area contributed by atoms with Gasteiger partial charge in [-0.3, -0.25) is 19.1 Å². The zero-order chi connectivity index (χ0) is 25.4. The zero-order valence-electron chi connectivity index (χ0n) is 19.7. The van der Waals surface area contributed by atoms with Crippen LogP contribution in [-0.2, 0) is 17.8 Å². The molecule has 1 aliphatic rings. The van der Waals surface area contributed by atoms with E-state index in [4.69, 9.17) is 0 Å². The highest BCUT2D eigenvalue weighted by Gasteiger charge is 2.30. The lowest BCUT2D eigenvalue weighted by Gasteiger charge is -2.20. The van der Waals surface area contributed by atoms with E-state index in [9.17, 15) is 24.6 Å². The summed E-state index contributed by atoms with van der Waals surface area (Å²) in [7, 11) is 0. The van der Waals surface area contributed by atoms with E-state index in [0.717, 1.165) is 12.8 Å². The molecule has 5 rings (SSSR count). The highest BCUT2D eigenvalue weighted by atomic mass is 32.1. The third-order valence-corrected chi connectivity index (χ3v) is 7.35. The fourth-order valence-electron chi connectivity index (χ4n) is 4.47. The molecule has 1 aliphatic carbocycles. The van der Waals surface area contributed by atoms with Crippen LogP contribution < -0.4 is 4.90 Å². The minimum atomic E-state index is -1.12. The van der Waals surface area contributed by atoms with Crippen molar-refractivity contribution in [2.75, 3.05) is 11.4 Å². The number of hydrogen-bond acceptors (Lipinski definition) is 6. The van der Waals surface area contributed by atoms with E-state index >= 15 is 0 Å². The molecule has 0 saturated heterocycles. The molecule has 1 fully saturated rings. The number of aromatic nitrogens is 2.